The van der Waals surface area contributed by atoms with E-state index in [1.807, 2.05) is 6.07 Å². The normalized spacial score (nSPS) is 12.4. The van der Waals surface area contributed by atoms with Gasteiger partial charge in [-0.15, -0.1) is 6.42 Å². The first-order valence-electron chi connectivity index (χ1n) is 7.63. The third-order valence-corrected chi connectivity index (χ3v) is 5.43. The van der Waals surface area contributed by atoms with Gasteiger partial charge in [0.25, 0.3) is 0 Å². The fourth-order valence-electron chi connectivity index (χ4n) is 1.93. The van der Waals surface area contributed by atoms with Crippen LogP contribution in [-0.4, -0.2) is 18.0 Å². The predicted molar refractivity (Wildman–Crippen MR) is 103 cm³/mol. The van der Waals surface area contributed by atoms with Gasteiger partial charge in [-0.05, 0) is 29.2 Å². The number of halogens is 3. The number of rotatable bonds is 1. The Kier molecular flexibility index (Phi) is 16.0. The number of phenols is 1. The number of hydrogen-bond acceptors (Lipinski definition) is 1. The minimum atomic E-state index is -1.01. The van der Waals surface area contributed by atoms with E-state index in [0.29, 0.717) is 5.02 Å². The van der Waals surface area contributed by atoms with Crippen LogP contribution in [0.2, 0.25) is 24.7 Å². The largest absolute Gasteiger partial charge is 1.00 e. The standard InChI is InChI=1S/C10H13ClO.C8H13Si.CH2.2ClH.Ti/c1-10(2,3)7-4-8(11)6-9(12)5-7;1-9(2,3)8-6-4-5-7-8;;;;/h4-6,12H,1-3H3;4,6H,5H2,1-3H3;1H2;2*1H;/q;-1;;;;+1/p-2. The Labute approximate surface area is 183 Å². The second-order valence-corrected chi connectivity index (χ2v) is 12.9. The molecule has 1 aromatic carbocycles. The fraction of sp³-hybridized carbons (Fsp3) is 0.421. The van der Waals surface area contributed by atoms with Gasteiger partial charge in [0.2, 0.25) is 0 Å². The van der Waals surface area contributed by atoms with E-state index in [9.17, 15) is 5.11 Å². The molecule has 25 heavy (non-hydrogen) atoms. The number of aromatic hydroxyl groups is 1. The van der Waals surface area contributed by atoms with Crippen molar-refractivity contribution in [3.8, 4) is 5.75 Å². The van der Waals surface area contributed by atoms with Gasteiger partial charge in [-0.3, -0.25) is 6.08 Å². The number of allylic oxidation sites excluding steroid dienone is 4. The van der Waals surface area contributed by atoms with E-state index in [0.717, 1.165) is 12.0 Å². The van der Waals surface area contributed by atoms with Crippen LogP contribution in [0, 0.1) is 6.08 Å². The molecule has 141 valence electrons. The zero-order chi connectivity index (χ0) is 18.3. The monoisotopic (exact) mass is 453 g/mol. The molecule has 0 amide bonds. The first kappa shape index (κ1) is 29.9. The van der Waals surface area contributed by atoms with Gasteiger partial charge in [0.05, 0.1) is 0 Å². The summed E-state index contributed by atoms with van der Waals surface area (Å²) in [6, 6.07) is 5.16. The molecular weight excluding hydrogens is 427 g/mol. The molecule has 0 atom stereocenters. The van der Waals surface area contributed by atoms with Gasteiger partial charge in [0, 0.05) is 13.1 Å². The van der Waals surface area contributed by atoms with Crippen LogP contribution in [0.25, 0.3) is 0 Å². The summed E-state index contributed by atoms with van der Waals surface area (Å²) in [5.74, 6) is 0.229. The minimum Gasteiger partial charge on any atom is -1.00 e. The number of phenolic OH excluding ortho intramolecular Hbond substituents is 1. The summed E-state index contributed by atoms with van der Waals surface area (Å²) in [6.07, 6.45) is 8.82. The predicted octanol–water partition coefficient (Wildman–Crippen LogP) is -0.130. The van der Waals surface area contributed by atoms with Crippen LogP contribution in [0.5, 0.6) is 5.75 Å². The Morgan fingerprint density at radius 1 is 1.12 bits per heavy atom. The van der Waals surface area contributed by atoms with Crippen molar-refractivity contribution in [2.24, 2.45) is 0 Å². The molecule has 6 heteroatoms. The molecule has 2 rings (SSSR count). The summed E-state index contributed by atoms with van der Waals surface area (Å²) in [5.41, 5.74) is 1.08. The summed E-state index contributed by atoms with van der Waals surface area (Å²) in [7, 11) is -1.01. The Balaban J connectivity index is -0.000000336. The van der Waals surface area contributed by atoms with Crippen molar-refractivity contribution in [1.82, 2.24) is 0 Å². The van der Waals surface area contributed by atoms with Crippen molar-refractivity contribution in [3.05, 3.63) is 52.2 Å². The molecule has 1 nitrogen and oxygen atoms in total. The first-order valence-corrected chi connectivity index (χ1v) is 12.6. The van der Waals surface area contributed by atoms with Gasteiger partial charge in [-0.25, -0.2) is 11.3 Å². The van der Waals surface area contributed by atoms with Crippen LogP contribution in [0.4, 0.5) is 0 Å². The Morgan fingerprint density at radius 2 is 1.64 bits per heavy atom. The van der Waals surface area contributed by atoms with Crippen LogP contribution in [0.15, 0.2) is 35.5 Å². The van der Waals surface area contributed by atoms with Crippen LogP contribution >= 0.6 is 11.6 Å². The molecule has 0 saturated heterocycles. The molecule has 0 fully saturated rings. The minimum absolute atomic E-state index is 0. The zero-order valence-corrected chi connectivity index (χ0v) is 20.7. The van der Waals surface area contributed by atoms with Gasteiger partial charge >= 0.3 is 24.8 Å². The summed E-state index contributed by atoms with van der Waals surface area (Å²) in [6.45, 7) is 13.3. The van der Waals surface area contributed by atoms with E-state index >= 15 is 0 Å². The van der Waals surface area contributed by atoms with E-state index in [4.69, 9.17) is 11.6 Å². The molecule has 0 heterocycles. The van der Waals surface area contributed by atoms with Crippen molar-refractivity contribution in [2.45, 2.75) is 52.2 Å². The molecule has 1 aliphatic rings. The second kappa shape index (κ2) is 13.4. The molecule has 0 aliphatic heterocycles. The maximum Gasteiger partial charge on any atom is -1.00 e. The molecule has 0 radical (unpaired) electrons. The molecule has 0 aromatic heterocycles. The van der Waals surface area contributed by atoms with Crippen molar-refractivity contribution in [2.75, 3.05) is 0 Å². The molecule has 1 N–H and O–H groups in total. The summed E-state index contributed by atoms with van der Waals surface area (Å²) < 4.78 is 0. The van der Waals surface area contributed by atoms with Crippen molar-refractivity contribution in [1.29, 1.82) is 0 Å². The topological polar surface area (TPSA) is 20.2 Å². The third kappa shape index (κ3) is 12.2. The quantitative estimate of drug-likeness (QED) is 0.463. The van der Waals surface area contributed by atoms with Gasteiger partial charge < -0.3 is 29.9 Å². The molecule has 0 bridgehead atoms. The van der Waals surface area contributed by atoms with Crippen LogP contribution in [0.1, 0.15) is 32.8 Å². The Hall–Kier alpha value is 0.171. The van der Waals surface area contributed by atoms with Gasteiger partial charge in [-0.1, -0.05) is 52.0 Å². The average molecular weight is 455 g/mol. The van der Waals surface area contributed by atoms with Gasteiger partial charge in [0.1, 0.15) is 5.75 Å². The summed E-state index contributed by atoms with van der Waals surface area (Å²) >= 11 is 7.55. The van der Waals surface area contributed by atoms with E-state index < -0.39 is 8.07 Å². The number of benzene rings is 1. The zero-order valence-electron chi connectivity index (χ0n) is 15.9. The van der Waals surface area contributed by atoms with Crippen molar-refractivity contribution < 1.29 is 49.9 Å². The SMILES string of the molecule is CC(C)(C)c1cc(O)cc(Cl)c1.C[Si](C)(C)C1=[C-]CC=C1.[CH2]=[Ti+].[Cl-].[Cl-]. The average Bonchev–Trinajstić information content (AvgIpc) is 2.93. The fourth-order valence-corrected chi connectivity index (χ4v) is 3.41. The molecule has 0 unspecified atom stereocenters. The molecule has 0 saturated carbocycles. The second-order valence-electron chi connectivity index (χ2n) is 7.40. The summed E-state index contributed by atoms with van der Waals surface area (Å²) in [4.78, 5) is 3.25. The number of hydrogen-bond donors (Lipinski definition) is 1. The van der Waals surface area contributed by atoms with Crippen LogP contribution < -0.4 is 24.8 Å². The van der Waals surface area contributed by atoms with Crippen molar-refractivity contribution in [3.63, 3.8) is 0 Å². The van der Waals surface area contributed by atoms with Gasteiger partial charge in [0.15, 0.2) is 0 Å². The van der Waals surface area contributed by atoms with Crippen LogP contribution in [-0.2, 0) is 25.4 Å². The smallest absolute Gasteiger partial charge is 1.00 e. The van der Waals surface area contributed by atoms with E-state index in [1.54, 1.807) is 26.0 Å². The van der Waals surface area contributed by atoms with Crippen LogP contribution in [0.3, 0.4) is 0 Å². The maximum atomic E-state index is 9.27. The van der Waals surface area contributed by atoms with Gasteiger partial charge in [-0.2, -0.15) is 6.08 Å². The molecule has 1 aliphatic carbocycles. The van der Waals surface area contributed by atoms with Crippen molar-refractivity contribution >= 4 is 24.5 Å². The van der Waals surface area contributed by atoms with E-state index in [-0.39, 0.29) is 36.0 Å². The molecule has 0 spiro atoms. The third-order valence-electron chi connectivity index (χ3n) is 3.25. The molecular formula is C19H28Cl3OSiTi-2. The summed E-state index contributed by atoms with van der Waals surface area (Å²) in [5, 5.41) is 11.3. The Bertz CT molecular complexity index is 553. The Morgan fingerprint density at radius 3 is 1.92 bits per heavy atom. The maximum absolute atomic E-state index is 9.27. The van der Waals surface area contributed by atoms with E-state index in [2.05, 4.69) is 63.5 Å². The molecule has 1 aromatic rings. The first-order chi connectivity index (χ1) is 10.5. The van der Waals surface area contributed by atoms with E-state index in [1.165, 1.54) is 11.3 Å².